The number of aromatic nitrogens is 2. The molecule has 8 nitrogen and oxygen atoms in total. The lowest BCUT2D eigenvalue weighted by Gasteiger charge is -2.17. The van der Waals surface area contributed by atoms with Gasteiger partial charge in [-0.15, -0.1) is 0 Å². The molecule has 0 fully saturated rings. The van der Waals surface area contributed by atoms with Crippen molar-refractivity contribution < 1.29 is 14.3 Å². The van der Waals surface area contributed by atoms with Gasteiger partial charge in [0, 0.05) is 36.5 Å². The van der Waals surface area contributed by atoms with Crippen molar-refractivity contribution in [2.75, 3.05) is 17.2 Å². The van der Waals surface area contributed by atoms with Gasteiger partial charge >= 0.3 is 0 Å². The van der Waals surface area contributed by atoms with Crippen LogP contribution in [0.25, 0.3) is 10.9 Å². The van der Waals surface area contributed by atoms with Crippen LogP contribution in [0.2, 0.25) is 5.02 Å². The highest BCUT2D eigenvalue weighted by Crippen LogP contribution is 2.25. The summed E-state index contributed by atoms with van der Waals surface area (Å²) in [5.41, 5.74) is 1.54. The minimum Gasteiger partial charge on any atom is -0.379 e. The molecule has 2 aromatic carbocycles. The number of nitrogens with zero attached hydrogens (tertiary/aromatic N) is 2. The van der Waals surface area contributed by atoms with Gasteiger partial charge in [0.15, 0.2) is 5.16 Å². The lowest BCUT2D eigenvalue weighted by Crippen LogP contribution is -2.27. The van der Waals surface area contributed by atoms with Crippen LogP contribution in [0.4, 0.5) is 11.4 Å². The fourth-order valence-corrected chi connectivity index (χ4v) is 4.40. The number of carbonyl (C=O) groups is 2. The first-order chi connectivity index (χ1) is 16.6. The minimum absolute atomic E-state index is 0.105. The zero-order valence-electron chi connectivity index (χ0n) is 20.1. The van der Waals surface area contributed by atoms with E-state index in [0.717, 1.165) is 0 Å². The lowest BCUT2D eigenvalue weighted by atomic mass is 10.2. The summed E-state index contributed by atoms with van der Waals surface area (Å²) >= 11 is 7.33. The summed E-state index contributed by atoms with van der Waals surface area (Å²) in [7, 11) is 0. The standard InChI is InChI=1S/C25H29ClN4O4S/c1-15(2)34-13-5-12-30-24(33)21-11-6-18(26)14-22(21)29-25(30)35-16(3)23(32)28-20-9-7-19(8-10-20)27-17(4)31/h6-11,14-16H,5,12-13H2,1-4H3,(H,27,31)(H,28,32). The number of halogens is 1. The van der Waals surface area contributed by atoms with Gasteiger partial charge in [0.2, 0.25) is 11.8 Å². The molecule has 1 aromatic heterocycles. The third-order valence-corrected chi connectivity index (χ3v) is 6.31. The van der Waals surface area contributed by atoms with Gasteiger partial charge in [-0.25, -0.2) is 4.98 Å². The predicted molar refractivity (Wildman–Crippen MR) is 141 cm³/mol. The fourth-order valence-electron chi connectivity index (χ4n) is 3.30. The van der Waals surface area contributed by atoms with Gasteiger partial charge in [-0.3, -0.25) is 19.0 Å². The summed E-state index contributed by atoms with van der Waals surface area (Å²) in [5, 5.41) is 6.40. The molecule has 35 heavy (non-hydrogen) atoms. The van der Waals surface area contributed by atoms with Gasteiger partial charge in [-0.05, 0) is 69.7 Å². The number of thioether (sulfide) groups is 1. The highest BCUT2D eigenvalue weighted by atomic mass is 35.5. The Morgan fingerprint density at radius 1 is 1.09 bits per heavy atom. The number of carbonyl (C=O) groups excluding carboxylic acids is 2. The van der Waals surface area contributed by atoms with Crippen molar-refractivity contribution in [3.63, 3.8) is 0 Å². The first kappa shape index (κ1) is 26.7. The van der Waals surface area contributed by atoms with E-state index in [1.54, 1.807) is 54.0 Å². The highest BCUT2D eigenvalue weighted by molar-refractivity contribution is 8.00. The van der Waals surface area contributed by atoms with E-state index in [0.29, 0.717) is 52.0 Å². The van der Waals surface area contributed by atoms with Crippen LogP contribution in [0, 0.1) is 0 Å². The van der Waals surface area contributed by atoms with E-state index in [1.165, 1.54) is 18.7 Å². The molecule has 2 N–H and O–H groups in total. The van der Waals surface area contributed by atoms with Gasteiger partial charge in [-0.1, -0.05) is 23.4 Å². The molecule has 0 saturated carbocycles. The van der Waals surface area contributed by atoms with Crippen molar-refractivity contribution in [3.8, 4) is 0 Å². The van der Waals surface area contributed by atoms with Crippen LogP contribution in [0.1, 0.15) is 34.1 Å². The predicted octanol–water partition coefficient (Wildman–Crippen LogP) is 4.94. The first-order valence-corrected chi connectivity index (χ1v) is 12.6. The van der Waals surface area contributed by atoms with Crippen LogP contribution in [-0.2, 0) is 20.9 Å². The molecular formula is C25H29ClN4O4S. The minimum atomic E-state index is -0.535. The van der Waals surface area contributed by atoms with E-state index in [9.17, 15) is 14.4 Å². The molecule has 1 heterocycles. The maximum absolute atomic E-state index is 13.2. The van der Waals surface area contributed by atoms with Crippen LogP contribution in [0.3, 0.4) is 0 Å². The van der Waals surface area contributed by atoms with Gasteiger partial charge in [0.1, 0.15) is 0 Å². The number of ether oxygens (including phenoxy) is 1. The Balaban J connectivity index is 1.79. The fraction of sp³-hybridized carbons (Fsp3) is 0.360. The average molecular weight is 517 g/mol. The SMILES string of the molecule is CC(=O)Nc1ccc(NC(=O)C(C)Sc2nc3cc(Cl)ccc3c(=O)n2CCCOC(C)C)cc1. The summed E-state index contributed by atoms with van der Waals surface area (Å²) in [6, 6.07) is 11.8. The Morgan fingerprint density at radius 2 is 1.74 bits per heavy atom. The molecule has 0 saturated heterocycles. The average Bonchev–Trinajstić information content (AvgIpc) is 2.78. The van der Waals surface area contributed by atoms with Crippen molar-refractivity contribution in [2.24, 2.45) is 0 Å². The second-order valence-electron chi connectivity index (χ2n) is 8.29. The number of fused-ring (bicyclic) bond motifs is 1. The Bertz CT molecular complexity index is 1260. The third-order valence-electron chi connectivity index (χ3n) is 4.98. The van der Waals surface area contributed by atoms with Crippen molar-refractivity contribution >= 4 is 57.5 Å². The number of amides is 2. The van der Waals surface area contributed by atoms with Gasteiger partial charge in [-0.2, -0.15) is 0 Å². The third kappa shape index (κ3) is 7.55. The number of hydrogen-bond donors (Lipinski definition) is 2. The van der Waals surface area contributed by atoms with E-state index in [2.05, 4.69) is 15.6 Å². The Kier molecular flexibility index (Phi) is 9.31. The van der Waals surface area contributed by atoms with Crippen LogP contribution in [0.15, 0.2) is 52.4 Å². The molecule has 186 valence electrons. The van der Waals surface area contributed by atoms with Crippen LogP contribution in [-0.4, -0.2) is 39.3 Å². The zero-order chi connectivity index (χ0) is 25.5. The van der Waals surface area contributed by atoms with Crippen LogP contribution >= 0.6 is 23.4 Å². The molecule has 0 spiro atoms. The lowest BCUT2D eigenvalue weighted by molar-refractivity contribution is -0.115. The van der Waals surface area contributed by atoms with Crippen molar-refractivity contribution in [1.82, 2.24) is 9.55 Å². The summed E-state index contributed by atoms with van der Waals surface area (Å²) < 4.78 is 7.21. The molecule has 3 aromatic rings. The monoisotopic (exact) mass is 516 g/mol. The summed E-state index contributed by atoms with van der Waals surface area (Å²) in [4.78, 5) is 41.9. The summed E-state index contributed by atoms with van der Waals surface area (Å²) in [6.07, 6.45) is 0.738. The first-order valence-electron chi connectivity index (χ1n) is 11.3. The quantitative estimate of drug-likeness (QED) is 0.225. The number of benzene rings is 2. The number of hydrogen-bond acceptors (Lipinski definition) is 6. The molecule has 0 aliphatic carbocycles. The maximum Gasteiger partial charge on any atom is 0.262 e. The van der Waals surface area contributed by atoms with Crippen molar-refractivity contribution in [1.29, 1.82) is 0 Å². The Morgan fingerprint density at radius 3 is 2.37 bits per heavy atom. The van der Waals surface area contributed by atoms with Crippen molar-refractivity contribution in [2.45, 2.75) is 57.2 Å². The molecule has 1 unspecified atom stereocenters. The van der Waals surface area contributed by atoms with E-state index in [4.69, 9.17) is 16.3 Å². The normalized spacial score (nSPS) is 12.1. The van der Waals surface area contributed by atoms with Crippen LogP contribution in [0.5, 0.6) is 0 Å². The molecule has 0 aliphatic heterocycles. The van der Waals surface area contributed by atoms with E-state index in [1.807, 2.05) is 13.8 Å². The van der Waals surface area contributed by atoms with Gasteiger partial charge < -0.3 is 15.4 Å². The molecule has 1 atom stereocenters. The van der Waals surface area contributed by atoms with Crippen molar-refractivity contribution in [3.05, 3.63) is 57.8 Å². The van der Waals surface area contributed by atoms with Gasteiger partial charge in [0.05, 0.1) is 22.3 Å². The second kappa shape index (κ2) is 12.2. The van der Waals surface area contributed by atoms with Crippen LogP contribution < -0.4 is 16.2 Å². The summed E-state index contributed by atoms with van der Waals surface area (Å²) in [5.74, 6) is -0.407. The van der Waals surface area contributed by atoms with E-state index in [-0.39, 0.29) is 23.5 Å². The van der Waals surface area contributed by atoms with Gasteiger partial charge in [0.25, 0.3) is 5.56 Å². The topological polar surface area (TPSA) is 102 Å². The smallest absolute Gasteiger partial charge is 0.262 e. The number of anilines is 2. The Labute approximate surface area is 213 Å². The molecule has 0 radical (unpaired) electrons. The largest absolute Gasteiger partial charge is 0.379 e. The molecule has 0 bridgehead atoms. The number of nitrogens with one attached hydrogen (secondary N) is 2. The molecule has 10 heteroatoms. The van der Waals surface area contributed by atoms with E-state index >= 15 is 0 Å². The zero-order valence-corrected chi connectivity index (χ0v) is 21.7. The maximum atomic E-state index is 13.2. The molecule has 3 rings (SSSR count). The van der Waals surface area contributed by atoms with E-state index < -0.39 is 5.25 Å². The summed E-state index contributed by atoms with van der Waals surface area (Å²) in [6.45, 7) is 8.03. The Hall–Kier alpha value is -2.88. The second-order valence-corrected chi connectivity index (χ2v) is 10.0. The molecule has 0 aliphatic rings. The highest BCUT2D eigenvalue weighted by Gasteiger charge is 2.20. The molecule has 2 amide bonds. The molecular weight excluding hydrogens is 488 g/mol. The number of rotatable bonds is 10.